The fourth-order valence-electron chi connectivity index (χ4n) is 11.4. The van der Waals surface area contributed by atoms with E-state index in [1.54, 1.807) is 0 Å². The molecule has 0 aliphatic carbocycles. The van der Waals surface area contributed by atoms with Crippen LogP contribution in [0, 0.1) is 5.92 Å². The van der Waals surface area contributed by atoms with Crippen LogP contribution >= 0.6 is 15.6 Å². The van der Waals surface area contributed by atoms with E-state index in [1.165, 1.54) is 212 Å². The third kappa shape index (κ3) is 68.4. The molecular weight excluding hydrogens is 1220 g/mol. The number of carbonyl (C=O) groups excluding carboxylic acids is 4. The van der Waals surface area contributed by atoms with E-state index < -0.39 is 97.5 Å². The van der Waals surface area contributed by atoms with Crippen molar-refractivity contribution in [2.24, 2.45) is 5.92 Å². The lowest BCUT2D eigenvalue weighted by Crippen LogP contribution is -2.30. The summed E-state index contributed by atoms with van der Waals surface area (Å²) in [6.45, 7) is 7.25. The van der Waals surface area contributed by atoms with Gasteiger partial charge in [-0.05, 0) is 31.6 Å². The van der Waals surface area contributed by atoms with Crippen LogP contribution in [0.3, 0.4) is 0 Å². The number of rotatable bonds is 74. The number of hydrogen-bond donors (Lipinski definition) is 3. The number of unbranched alkanes of at least 4 members (excludes halogenated alkanes) is 46. The number of aliphatic hydroxyl groups excluding tert-OH is 1. The third-order valence-corrected chi connectivity index (χ3v) is 19.2. The Morgan fingerprint density at radius 2 is 0.495 bits per heavy atom. The SMILES string of the molecule is CCCCCCCCCCCCCCCCCCC(=O)O[C@H](COC(=O)CCCCCCCCCCCCCCCC)COP(=O)(O)OC[C@@H](O)COP(=O)(O)OC[C@@H](COC(=O)CCCCCCCCCCC(C)C)OC(=O)CCCCCCCCCCCCCC. The summed E-state index contributed by atoms with van der Waals surface area (Å²) in [5, 5.41) is 10.6. The van der Waals surface area contributed by atoms with Gasteiger partial charge in [-0.2, -0.15) is 0 Å². The topological polar surface area (TPSA) is 237 Å². The van der Waals surface area contributed by atoms with E-state index in [0.717, 1.165) is 95.8 Å². The minimum absolute atomic E-state index is 0.107. The van der Waals surface area contributed by atoms with Gasteiger partial charge in [-0.25, -0.2) is 9.13 Å². The molecule has 19 heteroatoms. The maximum Gasteiger partial charge on any atom is 0.472 e. The lowest BCUT2D eigenvalue weighted by atomic mass is 10.0. The van der Waals surface area contributed by atoms with Crippen molar-refractivity contribution in [2.75, 3.05) is 39.6 Å². The van der Waals surface area contributed by atoms with Crippen molar-refractivity contribution in [1.29, 1.82) is 0 Å². The summed E-state index contributed by atoms with van der Waals surface area (Å²) in [6, 6.07) is 0. The van der Waals surface area contributed by atoms with Crippen molar-refractivity contribution in [3.05, 3.63) is 0 Å². The van der Waals surface area contributed by atoms with Gasteiger partial charge in [0.2, 0.25) is 0 Å². The average Bonchev–Trinajstić information content (AvgIpc) is 2.05. The van der Waals surface area contributed by atoms with Gasteiger partial charge in [0.05, 0.1) is 26.4 Å². The number of ether oxygens (including phenoxy) is 4. The Kier molecular flexibility index (Phi) is 65.9. The van der Waals surface area contributed by atoms with Crippen LogP contribution in [0.15, 0.2) is 0 Å². The number of phosphoric ester groups is 2. The minimum Gasteiger partial charge on any atom is -0.462 e. The summed E-state index contributed by atoms with van der Waals surface area (Å²) in [5.41, 5.74) is 0. The summed E-state index contributed by atoms with van der Waals surface area (Å²) in [7, 11) is -9.91. The monoisotopic (exact) mass is 1370 g/mol. The molecule has 0 rings (SSSR count). The number of phosphoric acid groups is 2. The molecule has 0 aromatic rings. The largest absolute Gasteiger partial charge is 0.472 e. The van der Waals surface area contributed by atoms with Crippen molar-refractivity contribution in [2.45, 2.75) is 406 Å². The number of aliphatic hydroxyl groups is 1. The molecular formula is C74H144O17P2. The molecule has 3 N–H and O–H groups in total. The van der Waals surface area contributed by atoms with E-state index in [0.29, 0.717) is 25.7 Å². The van der Waals surface area contributed by atoms with E-state index in [4.69, 9.17) is 37.0 Å². The van der Waals surface area contributed by atoms with E-state index >= 15 is 0 Å². The number of hydrogen-bond acceptors (Lipinski definition) is 15. The molecule has 2 unspecified atom stereocenters. The second-order valence-corrected chi connectivity index (χ2v) is 30.1. The Bertz CT molecular complexity index is 1790. The molecule has 0 aliphatic rings. The minimum atomic E-state index is -4.95. The molecule has 0 aromatic heterocycles. The second kappa shape index (κ2) is 67.3. The highest BCUT2D eigenvalue weighted by Crippen LogP contribution is 2.45. The standard InChI is InChI=1S/C74H144O17P2/c1-6-9-12-15-18-21-24-27-29-30-32-35-38-45-50-55-60-74(79)90-69(63-84-71(76)57-52-47-42-36-34-31-28-25-22-19-16-13-10-7-2)65-88-92(80,81)86-61-68(75)62-87-93(82,83)89-66-70(64-85-72(77)58-53-48-43-40-39-41-46-51-56-67(4)5)91-73(78)59-54-49-44-37-33-26-23-20-17-14-11-8-3/h67-70,75H,6-66H2,1-5H3,(H,80,81)(H,82,83)/t68-,69-,70-/m1/s1. The third-order valence-electron chi connectivity index (χ3n) is 17.3. The molecule has 0 spiro atoms. The van der Waals surface area contributed by atoms with Gasteiger partial charge in [0.15, 0.2) is 12.2 Å². The lowest BCUT2D eigenvalue weighted by Gasteiger charge is -2.21. The number of esters is 4. The molecule has 0 saturated carbocycles. The molecule has 0 aromatic carbocycles. The van der Waals surface area contributed by atoms with E-state index in [1.807, 2.05) is 0 Å². The normalized spacial score (nSPS) is 14.0. The van der Waals surface area contributed by atoms with Crippen molar-refractivity contribution < 1.29 is 80.2 Å². The molecule has 93 heavy (non-hydrogen) atoms. The maximum absolute atomic E-state index is 13.1. The molecule has 0 amide bonds. The van der Waals surface area contributed by atoms with E-state index in [2.05, 4.69) is 34.6 Å². The first-order valence-electron chi connectivity index (χ1n) is 38.6. The summed E-state index contributed by atoms with van der Waals surface area (Å²) in [5.74, 6) is -1.39. The quantitative estimate of drug-likeness (QED) is 0.0222. The van der Waals surface area contributed by atoms with Crippen molar-refractivity contribution in [3.8, 4) is 0 Å². The molecule has 0 aliphatic heterocycles. The fourth-order valence-corrected chi connectivity index (χ4v) is 12.9. The Hall–Kier alpha value is -1.94. The van der Waals surface area contributed by atoms with Crippen LogP contribution in [0.5, 0.6) is 0 Å². The predicted molar refractivity (Wildman–Crippen MR) is 377 cm³/mol. The van der Waals surface area contributed by atoms with Crippen LogP contribution in [0.2, 0.25) is 0 Å². The highest BCUT2D eigenvalue weighted by Gasteiger charge is 2.30. The Morgan fingerprint density at radius 3 is 0.731 bits per heavy atom. The first-order chi connectivity index (χ1) is 45.0. The zero-order valence-corrected chi connectivity index (χ0v) is 62.2. The average molecular weight is 1370 g/mol. The molecule has 0 fully saturated rings. The van der Waals surface area contributed by atoms with Crippen LogP contribution < -0.4 is 0 Å². The lowest BCUT2D eigenvalue weighted by molar-refractivity contribution is -0.161. The van der Waals surface area contributed by atoms with Crippen LogP contribution in [0.4, 0.5) is 0 Å². The van der Waals surface area contributed by atoms with Crippen LogP contribution in [0.25, 0.3) is 0 Å². The maximum atomic E-state index is 13.1. The number of carbonyl (C=O) groups is 4. The Morgan fingerprint density at radius 1 is 0.290 bits per heavy atom. The predicted octanol–water partition coefficient (Wildman–Crippen LogP) is 21.7. The van der Waals surface area contributed by atoms with E-state index in [-0.39, 0.29) is 25.7 Å². The molecule has 0 saturated heterocycles. The molecule has 0 radical (unpaired) electrons. The smallest absolute Gasteiger partial charge is 0.462 e. The summed E-state index contributed by atoms with van der Waals surface area (Å²) in [6.07, 6.45) is 55.3. The van der Waals surface area contributed by atoms with Crippen LogP contribution in [-0.2, 0) is 65.4 Å². The second-order valence-electron chi connectivity index (χ2n) is 27.2. The first-order valence-corrected chi connectivity index (χ1v) is 41.6. The molecule has 5 atom stereocenters. The summed E-state index contributed by atoms with van der Waals surface area (Å²) >= 11 is 0. The highest BCUT2D eigenvalue weighted by molar-refractivity contribution is 7.47. The summed E-state index contributed by atoms with van der Waals surface area (Å²) in [4.78, 5) is 72.7. The molecule has 17 nitrogen and oxygen atoms in total. The van der Waals surface area contributed by atoms with Crippen molar-refractivity contribution in [1.82, 2.24) is 0 Å². The zero-order valence-electron chi connectivity index (χ0n) is 60.4. The van der Waals surface area contributed by atoms with Gasteiger partial charge in [0, 0.05) is 25.7 Å². The van der Waals surface area contributed by atoms with E-state index in [9.17, 15) is 43.2 Å². The van der Waals surface area contributed by atoms with Crippen molar-refractivity contribution >= 4 is 39.5 Å². The summed E-state index contributed by atoms with van der Waals surface area (Å²) < 4.78 is 68.5. The van der Waals surface area contributed by atoms with Gasteiger partial charge >= 0.3 is 39.5 Å². The first kappa shape index (κ1) is 91.1. The van der Waals surface area contributed by atoms with Gasteiger partial charge < -0.3 is 33.8 Å². The van der Waals surface area contributed by atoms with Gasteiger partial charge in [0.1, 0.15) is 19.3 Å². The molecule has 0 bridgehead atoms. The molecule has 552 valence electrons. The van der Waals surface area contributed by atoms with Gasteiger partial charge in [-0.15, -0.1) is 0 Å². The fraction of sp³-hybridized carbons (Fsp3) is 0.946. The zero-order chi connectivity index (χ0) is 68.4. The highest BCUT2D eigenvalue weighted by atomic mass is 31.2. The molecule has 0 heterocycles. The Labute approximate surface area is 568 Å². The van der Waals surface area contributed by atoms with Crippen LogP contribution in [0.1, 0.15) is 388 Å². The Balaban J connectivity index is 5.25. The van der Waals surface area contributed by atoms with Crippen molar-refractivity contribution in [3.63, 3.8) is 0 Å². The van der Waals surface area contributed by atoms with Gasteiger partial charge in [0.25, 0.3) is 0 Å². The van der Waals surface area contributed by atoms with Gasteiger partial charge in [-0.1, -0.05) is 336 Å². The van der Waals surface area contributed by atoms with Crippen LogP contribution in [-0.4, -0.2) is 96.7 Å². The van der Waals surface area contributed by atoms with Gasteiger partial charge in [-0.3, -0.25) is 37.3 Å².